The Balaban J connectivity index is 1.19. The largest absolute Gasteiger partial charge is 0.355 e. The minimum atomic E-state index is 0.541. The molecule has 0 bridgehead atoms. The molecule has 4 nitrogen and oxygen atoms in total. The number of likely N-dealkylation sites (tertiary alicyclic amines) is 1. The summed E-state index contributed by atoms with van der Waals surface area (Å²) in [6.07, 6.45) is 9.60. The number of piperidine rings is 2. The highest BCUT2D eigenvalue weighted by Crippen LogP contribution is 2.43. The minimum Gasteiger partial charge on any atom is -0.355 e. The molecule has 1 aliphatic carbocycles. The van der Waals surface area contributed by atoms with Gasteiger partial charge in [0, 0.05) is 24.7 Å². The molecule has 0 N–H and O–H groups in total. The summed E-state index contributed by atoms with van der Waals surface area (Å²) in [5.74, 6) is 0.982. The first-order chi connectivity index (χ1) is 14.1. The van der Waals surface area contributed by atoms with Crippen LogP contribution in [0.25, 0.3) is 11.3 Å². The summed E-state index contributed by atoms with van der Waals surface area (Å²) < 4.78 is 0. The maximum atomic E-state index is 6.13. The van der Waals surface area contributed by atoms with E-state index < -0.39 is 0 Å². The minimum absolute atomic E-state index is 0.541. The van der Waals surface area contributed by atoms with Crippen molar-refractivity contribution in [1.29, 1.82) is 0 Å². The predicted molar refractivity (Wildman–Crippen MR) is 120 cm³/mol. The number of nitrogens with zero attached hydrogens (tertiary/aromatic N) is 4. The van der Waals surface area contributed by atoms with Crippen molar-refractivity contribution in [2.45, 2.75) is 51.0 Å². The van der Waals surface area contributed by atoms with E-state index in [4.69, 9.17) is 23.2 Å². The van der Waals surface area contributed by atoms with Crippen LogP contribution in [0, 0.1) is 5.41 Å². The van der Waals surface area contributed by atoms with Crippen LogP contribution in [0.3, 0.4) is 0 Å². The number of hydrogen-bond acceptors (Lipinski definition) is 4. The third-order valence-corrected chi connectivity index (χ3v) is 8.20. The second-order valence-electron chi connectivity index (χ2n) is 9.01. The molecule has 6 heteroatoms. The van der Waals surface area contributed by atoms with Crippen LogP contribution >= 0.6 is 23.2 Å². The highest BCUT2D eigenvalue weighted by atomic mass is 35.5. The van der Waals surface area contributed by atoms with E-state index in [9.17, 15) is 0 Å². The second-order valence-corrected chi connectivity index (χ2v) is 9.83. The quantitative estimate of drug-likeness (QED) is 0.626. The van der Waals surface area contributed by atoms with Gasteiger partial charge in [-0.3, -0.25) is 0 Å². The molecule has 2 aromatic rings. The zero-order valence-corrected chi connectivity index (χ0v) is 18.3. The molecule has 2 aliphatic heterocycles. The van der Waals surface area contributed by atoms with Crippen molar-refractivity contribution in [2.24, 2.45) is 5.41 Å². The Morgan fingerprint density at radius 2 is 1.55 bits per heavy atom. The number of rotatable bonds is 3. The summed E-state index contributed by atoms with van der Waals surface area (Å²) in [7, 11) is 0. The normalized spacial score (nSPS) is 22.6. The number of hydrogen-bond donors (Lipinski definition) is 0. The van der Waals surface area contributed by atoms with Crippen LogP contribution < -0.4 is 4.90 Å². The summed E-state index contributed by atoms with van der Waals surface area (Å²) >= 11 is 12.1. The average molecular weight is 431 g/mol. The lowest BCUT2D eigenvalue weighted by Crippen LogP contribution is -2.51. The van der Waals surface area contributed by atoms with Gasteiger partial charge in [-0.25, -0.2) is 0 Å². The van der Waals surface area contributed by atoms with E-state index in [1.165, 1.54) is 58.0 Å². The van der Waals surface area contributed by atoms with Crippen molar-refractivity contribution < 1.29 is 0 Å². The van der Waals surface area contributed by atoms with Gasteiger partial charge >= 0.3 is 0 Å². The van der Waals surface area contributed by atoms with E-state index in [2.05, 4.69) is 26.1 Å². The first-order valence-corrected chi connectivity index (χ1v) is 11.7. The van der Waals surface area contributed by atoms with Crippen molar-refractivity contribution >= 4 is 29.0 Å². The zero-order chi connectivity index (χ0) is 19.8. The highest BCUT2D eigenvalue weighted by molar-refractivity contribution is 6.42. The molecular formula is C23H28Cl2N4. The van der Waals surface area contributed by atoms with Crippen LogP contribution in [0.1, 0.15) is 44.9 Å². The number of anilines is 1. The average Bonchev–Trinajstić information content (AvgIpc) is 2.71. The van der Waals surface area contributed by atoms with Gasteiger partial charge in [0.2, 0.25) is 0 Å². The van der Waals surface area contributed by atoms with E-state index in [1.54, 1.807) is 6.07 Å². The first-order valence-electron chi connectivity index (χ1n) is 10.9. The summed E-state index contributed by atoms with van der Waals surface area (Å²) in [6, 6.07) is 10.6. The fourth-order valence-electron chi connectivity index (χ4n) is 5.13. The van der Waals surface area contributed by atoms with Gasteiger partial charge in [0.15, 0.2) is 5.82 Å². The SMILES string of the molecule is Clc1ccc(-c2ccc(N3CCC4(CC3)CCN(C3CCC3)CC4)nn2)cc1Cl. The molecule has 0 radical (unpaired) electrons. The Morgan fingerprint density at radius 1 is 0.828 bits per heavy atom. The lowest BCUT2D eigenvalue weighted by Gasteiger charge is -2.50. The summed E-state index contributed by atoms with van der Waals surface area (Å²) in [5, 5.41) is 10.1. The molecule has 1 saturated carbocycles. The summed E-state index contributed by atoms with van der Waals surface area (Å²) in [6.45, 7) is 4.79. The molecule has 154 valence electrons. The molecule has 0 atom stereocenters. The van der Waals surface area contributed by atoms with Crippen molar-refractivity contribution in [3.8, 4) is 11.3 Å². The van der Waals surface area contributed by atoms with E-state index in [1.807, 2.05) is 18.2 Å². The fraction of sp³-hybridized carbons (Fsp3) is 0.565. The molecule has 0 amide bonds. The highest BCUT2D eigenvalue weighted by Gasteiger charge is 2.39. The van der Waals surface area contributed by atoms with E-state index in [0.717, 1.165) is 36.2 Å². The van der Waals surface area contributed by atoms with Crippen LogP contribution in [0.2, 0.25) is 10.0 Å². The van der Waals surface area contributed by atoms with Gasteiger partial charge < -0.3 is 9.80 Å². The van der Waals surface area contributed by atoms with Gasteiger partial charge in [-0.2, -0.15) is 0 Å². The monoisotopic (exact) mass is 430 g/mol. The number of halogens is 2. The Kier molecular flexibility index (Phi) is 5.44. The zero-order valence-electron chi connectivity index (χ0n) is 16.8. The predicted octanol–water partition coefficient (Wildman–Crippen LogP) is 5.69. The second kappa shape index (κ2) is 8.05. The van der Waals surface area contributed by atoms with Crippen LogP contribution in [0.5, 0.6) is 0 Å². The van der Waals surface area contributed by atoms with Crippen LogP contribution in [-0.4, -0.2) is 47.3 Å². The standard InChI is InChI=1S/C23H28Cl2N4/c24-19-5-4-17(16-20(19)25)21-6-7-22(27-26-21)29-14-10-23(11-15-29)8-12-28(13-9-23)18-2-1-3-18/h4-7,16,18H,1-3,8-15H2. The molecule has 0 unspecified atom stereocenters. The van der Waals surface area contributed by atoms with Crippen molar-refractivity contribution in [3.63, 3.8) is 0 Å². The molecular weight excluding hydrogens is 403 g/mol. The van der Waals surface area contributed by atoms with Gasteiger partial charge in [0.25, 0.3) is 0 Å². The van der Waals surface area contributed by atoms with E-state index in [-0.39, 0.29) is 0 Å². The fourth-order valence-corrected chi connectivity index (χ4v) is 5.43. The van der Waals surface area contributed by atoms with Gasteiger partial charge in [0.1, 0.15) is 0 Å². The third-order valence-electron chi connectivity index (χ3n) is 7.46. The van der Waals surface area contributed by atoms with E-state index in [0.29, 0.717) is 15.5 Å². The van der Waals surface area contributed by atoms with Gasteiger partial charge in [0.05, 0.1) is 15.7 Å². The molecule has 1 spiro atoms. The Bertz CT molecular complexity index is 848. The van der Waals surface area contributed by atoms with Crippen LogP contribution in [0.4, 0.5) is 5.82 Å². The Hall–Kier alpha value is -1.36. The molecule has 1 aromatic heterocycles. The molecule has 3 aliphatic rings. The topological polar surface area (TPSA) is 32.3 Å². The lowest BCUT2D eigenvalue weighted by molar-refractivity contribution is 0.0305. The number of benzene rings is 1. The Labute approximate surface area is 183 Å². The van der Waals surface area contributed by atoms with Gasteiger partial charge in [-0.05, 0) is 81.3 Å². The maximum absolute atomic E-state index is 6.13. The van der Waals surface area contributed by atoms with Crippen molar-refractivity contribution in [2.75, 3.05) is 31.1 Å². The van der Waals surface area contributed by atoms with E-state index >= 15 is 0 Å². The van der Waals surface area contributed by atoms with Crippen molar-refractivity contribution in [1.82, 2.24) is 15.1 Å². The number of aromatic nitrogens is 2. The molecule has 29 heavy (non-hydrogen) atoms. The molecule has 2 saturated heterocycles. The van der Waals surface area contributed by atoms with Crippen LogP contribution in [-0.2, 0) is 0 Å². The van der Waals surface area contributed by atoms with Crippen LogP contribution in [0.15, 0.2) is 30.3 Å². The van der Waals surface area contributed by atoms with Gasteiger partial charge in [-0.15, -0.1) is 10.2 Å². The maximum Gasteiger partial charge on any atom is 0.151 e. The Morgan fingerprint density at radius 3 is 2.14 bits per heavy atom. The lowest BCUT2D eigenvalue weighted by atomic mass is 9.70. The molecule has 5 rings (SSSR count). The van der Waals surface area contributed by atoms with Crippen molar-refractivity contribution in [3.05, 3.63) is 40.4 Å². The summed E-state index contributed by atoms with van der Waals surface area (Å²) in [5.41, 5.74) is 2.32. The molecule has 3 fully saturated rings. The molecule has 3 heterocycles. The smallest absolute Gasteiger partial charge is 0.151 e. The third kappa shape index (κ3) is 3.99. The summed E-state index contributed by atoms with van der Waals surface area (Å²) in [4.78, 5) is 5.16. The first kappa shape index (κ1) is 19.6. The molecule has 1 aromatic carbocycles. The van der Waals surface area contributed by atoms with Gasteiger partial charge in [-0.1, -0.05) is 35.7 Å².